The summed E-state index contributed by atoms with van der Waals surface area (Å²) in [4.78, 5) is 15.8. The van der Waals surface area contributed by atoms with Crippen LogP contribution in [0.2, 0.25) is 0 Å². The minimum absolute atomic E-state index is 0.0931. The molecule has 4 nitrogen and oxygen atoms in total. The fourth-order valence-corrected chi connectivity index (χ4v) is 3.49. The zero-order chi connectivity index (χ0) is 14.4. The van der Waals surface area contributed by atoms with E-state index in [1.165, 1.54) is 4.88 Å². The molecule has 0 aromatic carbocycles. The van der Waals surface area contributed by atoms with Crippen LogP contribution in [0.25, 0.3) is 0 Å². The summed E-state index contributed by atoms with van der Waals surface area (Å²) in [5, 5.41) is 2.05. The van der Waals surface area contributed by atoms with E-state index in [9.17, 15) is 4.79 Å². The van der Waals surface area contributed by atoms with Crippen molar-refractivity contribution in [3.63, 3.8) is 0 Å². The Hall–Kier alpha value is -0.910. The standard InChI is InChI=1S/C15H24N2O2S/c1-19-8-7-17(11-14-6-3-9-20-14)15(18)12-4-2-5-13(16)10-12/h3,6,9,12-13H,2,4-5,7-8,10-11,16H2,1H3. The average Bonchev–Trinajstić information content (AvgIpc) is 2.95. The van der Waals surface area contributed by atoms with Gasteiger partial charge in [0.25, 0.3) is 0 Å². The van der Waals surface area contributed by atoms with Crippen LogP contribution in [0.3, 0.4) is 0 Å². The van der Waals surface area contributed by atoms with Gasteiger partial charge in [-0.2, -0.15) is 0 Å². The summed E-state index contributed by atoms with van der Waals surface area (Å²) in [6.07, 6.45) is 3.91. The number of carbonyl (C=O) groups is 1. The third-order valence-corrected chi connectivity index (χ3v) is 4.73. The molecule has 20 heavy (non-hydrogen) atoms. The van der Waals surface area contributed by atoms with Crippen LogP contribution in [-0.4, -0.2) is 37.1 Å². The Bertz CT molecular complexity index is 408. The van der Waals surface area contributed by atoms with Crippen LogP contribution < -0.4 is 5.73 Å². The third-order valence-electron chi connectivity index (χ3n) is 3.87. The number of ether oxygens (including phenoxy) is 1. The van der Waals surface area contributed by atoms with Crippen LogP contribution in [0, 0.1) is 5.92 Å². The number of nitrogens with zero attached hydrogens (tertiary/aromatic N) is 1. The van der Waals surface area contributed by atoms with Crippen molar-refractivity contribution in [2.24, 2.45) is 11.7 Å². The molecule has 1 amide bonds. The predicted octanol–water partition coefficient (Wildman–Crippen LogP) is 2.24. The second-order valence-corrected chi connectivity index (χ2v) is 6.49. The number of thiophene rings is 1. The largest absolute Gasteiger partial charge is 0.383 e. The lowest BCUT2D eigenvalue weighted by Gasteiger charge is -2.31. The number of nitrogens with two attached hydrogens (primary N) is 1. The van der Waals surface area contributed by atoms with Gasteiger partial charge in [0.1, 0.15) is 0 Å². The monoisotopic (exact) mass is 296 g/mol. The van der Waals surface area contributed by atoms with Crippen molar-refractivity contribution >= 4 is 17.2 Å². The van der Waals surface area contributed by atoms with E-state index in [1.54, 1.807) is 18.4 Å². The average molecular weight is 296 g/mol. The van der Waals surface area contributed by atoms with Crippen molar-refractivity contribution in [2.75, 3.05) is 20.3 Å². The zero-order valence-corrected chi connectivity index (χ0v) is 12.9. The molecular formula is C15H24N2O2S. The predicted molar refractivity (Wildman–Crippen MR) is 81.5 cm³/mol. The van der Waals surface area contributed by atoms with Gasteiger partial charge in [-0.05, 0) is 30.7 Å². The van der Waals surface area contributed by atoms with Crippen molar-refractivity contribution in [3.05, 3.63) is 22.4 Å². The van der Waals surface area contributed by atoms with Crippen LogP contribution in [0.1, 0.15) is 30.6 Å². The highest BCUT2D eigenvalue weighted by Crippen LogP contribution is 2.26. The van der Waals surface area contributed by atoms with Gasteiger partial charge in [-0.1, -0.05) is 12.5 Å². The van der Waals surface area contributed by atoms with E-state index in [0.717, 1.165) is 25.7 Å². The molecule has 1 aromatic heterocycles. The van der Waals surface area contributed by atoms with E-state index in [1.807, 2.05) is 16.3 Å². The first kappa shape index (κ1) is 15.5. The maximum Gasteiger partial charge on any atom is 0.226 e. The first-order valence-corrected chi connectivity index (χ1v) is 8.14. The highest BCUT2D eigenvalue weighted by Gasteiger charge is 2.29. The Morgan fingerprint density at radius 3 is 3.05 bits per heavy atom. The highest BCUT2D eigenvalue weighted by molar-refractivity contribution is 7.09. The number of rotatable bonds is 6. The van der Waals surface area contributed by atoms with Crippen molar-refractivity contribution in [3.8, 4) is 0 Å². The van der Waals surface area contributed by atoms with E-state index >= 15 is 0 Å². The molecule has 1 saturated carbocycles. The van der Waals surface area contributed by atoms with Gasteiger partial charge in [0, 0.05) is 30.5 Å². The molecule has 1 heterocycles. The second kappa shape index (κ2) is 7.76. The molecule has 1 aliphatic carbocycles. The summed E-state index contributed by atoms with van der Waals surface area (Å²) in [6, 6.07) is 4.28. The lowest BCUT2D eigenvalue weighted by atomic mass is 9.85. The summed E-state index contributed by atoms with van der Waals surface area (Å²) in [6.45, 7) is 1.92. The third kappa shape index (κ3) is 4.30. The maximum absolute atomic E-state index is 12.7. The number of methoxy groups -OCH3 is 1. The van der Waals surface area contributed by atoms with E-state index in [4.69, 9.17) is 10.5 Å². The van der Waals surface area contributed by atoms with Crippen LogP contribution in [0.15, 0.2) is 17.5 Å². The first-order valence-electron chi connectivity index (χ1n) is 7.26. The number of hydrogen-bond acceptors (Lipinski definition) is 4. The van der Waals surface area contributed by atoms with Gasteiger partial charge in [0.05, 0.1) is 13.2 Å². The van der Waals surface area contributed by atoms with Crippen molar-refractivity contribution in [2.45, 2.75) is 38.3 Å². The van der Waals surface area contributed by atoms with Gasteiger partial charge in [0.15, 0.2) is 0 Å². The molecule has 0 radical (unpaired) electrons. The van der Waals surface area contributed by atoms with Gasteiger partial charge in [-0.15, -0.1) is 11.3 Å². The summed E-state index contributed by atoms with van der Waals surface area (Å²) in [5.74, 6) is 0.334. The molecule has 0 bridgehead atoms. The molecular weight excluding hydrogens is 272 g/mol. The fraction of sp³-hybridized carbons (Fsp3) is 0.667. The maximum atomic E-state index is 12.7. The molecule has 0 spiro atoms. The number of amides is 1. The topological polar surface area (TPSA) is 55.6 Å². The van der Waals surface area contributed by atoms with Gasteiger partial charge in [-0.3, -0.25) is 4.79 Å². The molecule has 0 saturated heterocycles. The smallest absolute Gasteiger partial charge is 0.226 e. The normalized spacial score (nSPS) is 22.7. The lowest BCUT2D eigenvalue weighted by Crippen LogP contribution is -2.41. The minimum Gasteiger partial charge on any atom is -0.383 e. The molecule has 2 atom stereocenters. The van der Waals surface area contributed by atoms with E-state index < -0.39 is 0 Å². The zero-order valence-electron chi connectivity index (χ0n) is 12.1. The van der Waals surface area contributed by atoms with Crippen molar-refractivity contribution < 1.29 is 9.53 Å². The van der Waals surface area contributed by atoms with Crippen molar-refractivity contribution in [1.29, 1.82) is 0 Å². The molecule has 1 fully saturated rings. The second-order valence-electron chi connectivity index (χ2n) is 5.46. The van der Waals surface area contributed by atoms with Gasteiger partial charge >= 0.3 is 0 Å². The Labute approximate surface area is 124 Å². The lowest BCUT2D eigenvalue weighted by molar-refractivity contribution is -0.138. The molecule has 112 valence electrons. The van der Waals surface area contributed by atoms with E-state index in [2.05, 4.69) is 6.07 Å². The summed E-state index contributed by atoms with van der Waals surface area (Å²) in [5.41, 5.74) is 6.01. The molecule has 5 heteroatoms. The molecule has 2 unspecified atom stereocenters. The van der Waals surface area contributed by atoms with Crippen LogP contribution >= 0.6 is 11.3 Å². The molecule has 2 N–H and O–H groups in total. The SMILES string of the molecule is COCCN(Cc1cccs1)C(=O)C1CCCC(N)C1. The Balaban J connectivity index is 1.98. The Morgan fingerprint density at radius 1 is 1.55 bits per heavy atom. The van der Waals surface area contributed by atoms with Gasteiger partial charge in [0.2, 0.25) is 5.91 Å². The minimum atomic E-state index is 0.0931. The van der Waals surface area contributed by atoms with Crippen LogP contribution in [0.4, 0.5) is 0 Å². The Kier molecular flexibility index (Phi) is 6.01. The number of hydrogen-bond donors (Lipinski definition) is 1. The molecule has 1 aromatic rings. The molecule has 2 rings (SSSR count). The summed E-state index contributed by atoms with van der Waals surface area (Å²) >= 11 is 1.69. The van der Waals surface area contributed by atoms with E-state index in [0.29, 0.717) is 19.7 Å². The molecule has 0 aliphatic heterocycles. The van der Waals surface area contributed by atoms with E-state index in [-0.39, 0.29) is 17.9 Å². The van der Waals surface area contributed by atoms with Gasteiger partial charge < -0.3 is 15.4 Å². The van der Waals surface area contributed by atoms with Gasteiger partial charge in [-0.25, -0.2) is 0 Å². The Morgan fingerprint density at radius 2 is 2.40 bits per heavy atom. The summed E-state index contributed by atoms with van der Waals surface area (Å²) in [7, 11) is 1.67. The fourth-order valence-electron chi connectivity index (χ4n) is 2.77. The van der Waals surface area contributed by atoms with Crippen LogP contribution in [0.5, 0.6) is 0 Å². The van der Waals surface area contributed by atoms with Crippen molar-refractivity contribution in [1.82, 2.24) is 4.90 Å². The summed E-state index contributed by atoms with van der Waals surface area (Å²) < 4.78 is 5.13. The molecule has 1 aliphatic rings. The highest BCUT2D eigenvalue weighted by atomic mass is 32.1. The first-order chi connectivity index (χ1) is 9.70. The van der Waals surface area contributed by atoms with Crippen LogP contribution in [-0.2, 0) is 16.1 Å². The quantitative estimate of drug-likeness (QED) is 0.876. The number of carbonyl (C=O) groups excluding carboxylic acids is 1.